The zero-order valence-electron chi connectivity index (χ0n) is 16.8. The molecule has 0 saturated heterocycles. The summed E-state index contributed by atoms with van der Waals surface area (Å²) in [6.07, 6.45) is 7.69. The van der Waals surface area contributed by atoms with E-state index >= 15 is 0 Å². The summed E-state index contributed by atoms with van der Waals surface area (Å²) >= 11 is 0. The minimum Gasteiger partial charge on any atom is -0.361 e. The Balaban J connectivity index is 1.34. The van der Waals surface area contributed by atoms with Crippen LogP contribution in [0.3, 0.4) is 0 Å². The number of aromatic amines is 1. The fraction of sp³-hybridized carbons (Fsp3) is 0.417. The number of H-pyrrole nitrogens is 1. The van der Waals surface area contributed by atoms with Gasteiger partial charge in [0.15, 0.2) is 0 Å². The number of aromatic nitrogens is 1. The second kappa shape index (κ2) is 8.06. The van der Waals surface area contributed by atoms with Crippen LogP contribution in [0.15, 0.2) is 54.7 Å². The molecule has 0 radical (unpaired) electrons. The molecule has 4 heteroatoms. The molecule has 0 atom stereocenters. The van der Waals surface area contributed by atoms with E-state index in [0.717, 1.165) is 23.9 Å². The quantitative estimate of drug-likeness (QED) is 0.642. The van der Waals surface area contributed by atoms with E-state index in [-0.39, 0.29) is 11.4 Å². The number of fused-ring (bicyclic) bond motifs is 1. The number of rotatable bonds is 6. The number of benzene rings is 2. The van der Waals surface area contributed by atoms with Crippen LogP contribution >= 0.6 is 0 Å². The van der Waals surface area contributed by atoms with Gasteiger partial charge in [-0.2, -0.15) is 0 Å². The van der Waals surface area contributed by atoms with E-state index in [1.54, 1.807) is 12.1 Å². The molecule has 3 aromatic rings. The molecule has 148 valence electrons. The summed E-state index contributed by atoms with van der Waals surface area (Å²) in [5.41, 5.74) is 3.72. The molecule has 0 bridgehead atoms. The van der Waals surface area contributed by atoms with Crippen LogP contribution in [0.5, 0.6) is 0 Å². The largest absolute Gasteiger partial charge is 0.361 e. The lowest BCUT2D eigenvalue weighted by Gasteiger charge is -2.45. The van der Waals surface area contributed by atoms with Crippen LogP contribution in [-0.2, 0) is 12.0 Å². The smallest absolute Gasteiger partial charge is 0.125 e. The van der Waals surface area contributed by atoms with Gasteiger partial charge in [0.05, 0.1) is 0 Å². The maximum Gasteiger partial charge on any atom is 0.125 e. The van der Waals surface area contributed by atoms with Crippen molar-refractivity contribution < 1.29 is 4.39 Å². The number of nitrogens with one attached hydrogen (secondary N) is 2. The third-order valence-corrected chi connectivity index (χ3v) is 6.54. The highest BCUT2D eigenvalue weighted by Crippen LogP contribution is 2.41. The minimum atomic E-state index is -0.191. The second-order valence-corrected chi connectivity index (χ2v) is 8.27. The first-order valence-electron chi connectivity index (χ1n) is 10.3. The molecule has 1 aliphatic rings. The summed E-state index contributed by atoms with van der Waals surface area (Å²) in [6.45, 7) is 0.954. The molecule has 1 heterocycles. The molecule has 28 heavy (non-hydrogen) atoms. The van der Waals surface area contributed by atoms with Crippen molar-refractivity contribution in [2.24, 2.45) is 0 Å². The van der Waals surface area contributed by atoms with Crippen molar-refractivity contribution >= 4 is 10.9 Å². The van der Waals surface area contributed by atoms with Crippen molar-refractivity contribution in [1.82, 2.24) is 15.2 Å². The molecule has 0 aliphatic heterocycles. The standard InChI is InChI=1S/C24H30FN3/c1-28(2)24(19-6-4-3-5-7-19)13-10-21(11-14-24)26-15-12-18-17-27-23-16-20(25)8-9-22(18)23/h3-9,16-17,21,26-27H,10-15H2,1-2H3. The fourth-order valence-corrected chi connectivity index (χ4v) is 4.82. The van der Waals surface area contributed by atoms with Crippen LogP contribution in [0.25, 0.3) is 10.9 Å². The maximum atomic E-state index is 13.3. The van der Waals surface area contributed by atoms with Gasteiger partial charge in [-0.05, 0) is 82.1 Å². The minimum absolute atomic E-state index is 0.153. The number of nitrogens with zero attached hydrogens (tertiary/aromatic N) is 1. The molecular formula is C24H30FN3. The molecule has 1 saturated carbocycles. The lowest BCUT2D eigenvalue weighted by Crippen LogP contribution is -2.48. The first-order valence-corrected chi connectivity index (χ1v) is 10.3. The van der Waals surface area contributed by atoms with Crippen molar-refractivity contribution in [1.29, 1.82) is 0 Å². The molecule has 4 rings (SSSR count). The lowest BCUT2D eigenvalue weighted by atomic mass is 9.74. The van der Waals surface area contributed by atoms with Gasteiger partial charge in [-0.25, -0.2) is 4.39 Å². The van der Waals surface area contributed by atoms with Gasteiger partial charge < -0.3 is 10.3 Å². The van der Waals surface area contributed by atoms with Gasteiger partial charge in [0.1, 0.15) is 5.82 Å². The lowest BCUT2D eigenvalue weighted by molar-refractivity contribution is 0.0858. The maximum absolute atomic E-state index is 13.3. The highest BCUT2D eigenvalue weighted by atomic mass is 19.1. The number of halogens is 1. The highest BCUT2D eigenvalue weighted by Gasteiger charge is 2.38. The van der Waals surface area contributed by atoms with Gasteiger partial charge in [-0.15, -0.1) is 0 Å². The molecule has 1 fully saturated rings. The Kier molecular flexibility index (Phi) is 5.51. The van der Waals surface area contributed by atoms with Crippen molar-refractivity contribution in [2.75, 3.05) is 20.6 Å². The van der Waals surface area contributed by atoms with Crippen LogP contribution in [-0.4, -0.2) is 36.6 Å². The molecule has 1 aromatic heterocycles. The Morgan fingerprint density at radius 2 is 1.86 bits per heavy atom. The molecule has 1 aliphatic carbocycles. The van der Waals surface area contributed by atoms with Gasteiger partial charge in [0, 0.05) is 28.7 Å². The average Bonchev–Trinajstić information content (AvgIpc) is 3.11. The summed E-state index contributed by atoms with van der Waals surface area (Å²) in [4.78, 5) is 5.59. The first-order chi connectivity index (χ1) is 13.6. The van der Waals surface area contributed by atoms with Crippen molar-refractivity contribution in [3.8, 4) is 0 Å². The molecule has 2 N–H and O–H groups in total. The van der Waals surface area contributed by atoms with Crippen LogP contribution in [0.4, 0.5) is 4.39 Å². The third-order valence-electron chi connectivity index (χ3n) is 6.54. The van der Waals surface area contributed by atoms with Gasteiger partial charge in [0.25, 0.3) is 0 Å². The first kappa shape index (κ1) is 19.2. The van der Waals surface area contributed by atoms with Crippen molar-refractivity contribution in [3.63, 3.8) is 0 Å². The zero-order chi connectivity index (χ0) is 19.6. The molecular weight excluding hydrogens is 349 g/mol. The molecule has 3 nitrogen and oxygen atoms in total. The van der Waals surface area contributed by atoms with Gasteiger partial charge in [-0.3, -0.25) is 4.90 Å². The van der Waals surface area contributed by atoms with Gasteiger partial charge >= 0.3 is 0 Å². The summed E-state index contributed by atoms with van der Waals surface area (Å²) < 4.78 is 13.3. The van der Waals surface area contributed by atoms with Crippen LogP contribution < -0.4 is 5.32 Å². The predicted molar refractivity (Wildman–Crippen MR) is 114 cm³/mol. The van der Waals surface area contributed by atoms with E-state index in [1.807, 2.05) is 12.3 Å². The zero-order valence-corrected chi connectivity index (χ0v) is 16.8. The molecule has 0 spiro atoms. The summed E-state index contributed by atoms with van der Waals surface area (Å²) in [5.74, 6) is -0.191. The Labute approximate surface area is 166 Å². The third kappa shape index (κ3) is 3.71. The normalized spacial score (nSPS) is 22.8. The van der Waals surface area contributed by atoms with Crippen LogP contribution in [0, 0.1) is 5.82 Å². The van der Waals surface area contributed by atoms with Crippen LogP contribution in [0.2, 0.25) is 0 Å². The monoisotopic (exact) mass is 379 g/mol. The van der Waals surface area contributed by atoms with Gasteiger partial charge in [0.2, 0.25) is 0 Å². The molecule has 0 amide bonds. The molecule has 2 aromatic carbocycles. The van der Waals surface area contributed by atoms with Crippen molar-refractivity contribution in [3.05, 3.63) is 71.7 Å². The van der Waals surface area contributed by atoms with E-state index < -0.39 is 0 Å². The number of hydrogen-bond donors (Lipinski definition) is 2. The van der Waals surface area contributed by atoms with E-state index in [4.69, 9.17) is 0 Å². The number of hydrogen-bond acceptors (Lipinski definition) is 2. The SMILES string of the molecule is CN(C)C1(c2ccccc2)CCC(NCCc2c[nH]c3cc(F)ccc23)CC1. The summed E-state index contributed by atoms with van der Waals surface area (Å²) in [7, 11) is 4.42. The average molecular weight is 380 g/mol. The Hall–Kier alpha value is -2.17. The highest BCUT2D eigenvalue weighted by molar-refractivity contribution is 5.83. The van der Waals surface area contributed by atoms with Crippen molar-refractivity contribution in [2.45, 2.75) is 43.7 Å². The predicted octanol–water partition coefficient (Wildman–Crippen LogP) is 4.84. The summed E-state index contributed by atoms with van der Waals surface area (Å²) in [5, 5.41) is 4.88. The van der Waals surface area contributed by atoms with E-state index in [2.05, 4.69) is 59.6 Å². The van der Waals surface area contributed by atoms with E-state index in [1.165, 1.54) is 36.8 Å². The summed E-state index contributed by atoms with van der Waals surface area (Å²) in [6, 6.07) is 16.5. The van der Waals surface area contributed by atoms with Crippen LogP contribution in [0.1, 0.15) is 36.8 Å². The van der Waals surface area contributed by atoms with E-state index in [0.29, 0.717) is 6.04 Å². The Morgan fingerprint density at radius 3 is 2.57 bits per heavy atom. The Morgan fingerprint density at radius 1 is 1.11 bits per heavy atom. The topological polar surface area (TPSA) is 31.1 Å². The van der Waals surface area contributed by atoms with Gasteiger partial charge in [-0.1, -0.05) is 30.3 Å². The second-order valence-electron chi connectivity index (χ2n) is 8.27. The fourth-order valence-electron chi connectivity index (χ4n) is 4.82. The Bertz CT molecular complexity index is 908. The molecule has 0 unspecified atom stereocenters. The van der Waals surface area contributed by atoms with E-state index in [9.17, 15) is 4.39 Å².